The fourth-order valence-electron chi connectivity index (χ4n) is 3.75. The molecular weight excluding hydrogens is 570 g/mol. The van der Waals surface area contributed by atoms with E-state index in [1.807, 2.05) is 54.6 Å². The number of anilines is 1. The van der Waals surface area contributed by atoms with E-state index in [2.05, 4.69) is 21.2 Å². The molecule has 1 atom stereocenters. The SMILES string of the molecule is CCNC(=O)C(C)N(Cc1ccc(Br)cc1)C(=O)CN(c1ccc(OCc2ccccc2)cc1)S(C)(=O)=O. The lowest BCUT2D eigenvalue weighted by Crippen LogP contribution is -2.51. The molecule has 3 rings (SSSR count). The lowest BCUT2D eigenvalue weighted by atomic mass is 10.1. The molecule has 0 aliphatic carbocycles. The van der Waals surface area contributed by atoms with Crippen LogP contribution in [-0.2, 0) is 32.8 Å². The number of nitrogens with one attached hydrogen (secondary N) is 1. The number of hydrogen-bond donors (Lipinski definition) is 1. The third kappa shape index (κ3) is 8.32. The molecule has 0 heterocycles. The van der Waals surface area contributed by atoms with E-state index in [1.165, 1.54) is 4.90 Å². The van der Waals surface area contributed by atoms with Gasteiger partial charge in [0, 0.05) is 17.6 Å². The molecule has 202 valence electrons. The zero-order chi connectivity index (χ0) is 27.7. The Hall–Kier alpha value is -3.37. The van der Waals surface area contributed by atoms with E-state index in [4.69, 9.17) is 4.74 Å². The topological polar surface area (TPSA) is 96.0 Å². The van der Waals surface area contributed by atoms with Gasteiger partial charge in [0.05, 0.1) is 11.9 Å². The smallest absolute Gasteiger partial charge is 0.244 e. The second-order valence-electron chi connectivity index (χ2n) is 8.76. The van der Waals surface area contributed by atoms with Gasteiger partial charge in [0.1, 0.15) is 24.9 Å². The number of rotatable bonds is 12. The summed E-state index contributed by atoms with van der Waals surface area (Å²) < 4.78 is 33.2. The van der Waals surface area contributed by atoms with Crippen molar-refractivity contribution in [1.29, 1.82) is 0 Å². The zero-order valence-corrected chi connectivity index (χ0v) is 24.0. The van der Waals surface area contributed by atoms with Gasteiger partial charge < -0.3 is 15.0 Å². The van der Waals surface area contributed by atoms with E-state index in [-0.39, 0.29) is 12.5 Å². The van der Waals surface area contributed by atoms with Gasteiger partial charge in [-0.1, -0.05) is 58.4 Å². The first-order chi connectivity index (χ1) is 18.1. The van der Waals surface area contributed by atoms with E-state index >= 15 is 0 Å². The van der Waals surface area contributed by atoms with Crippen LogP contribution in [0.5, 0.6) is 5.75 Å². The molecule has 3 aromatic rings. The first-order valence-corrected chi connectivity index (χ1v) is 14.8. The molecule has 0 aliphatic heterocycles. The maximum atomic E-state index is 13.5. The molecule has 8 nitrogen and oxygen atoms in total. The monoisotopic (exact) mass is 601 g/mol. The van der Waals surface area contributed by atoms with Gasteiger partial charge in [-0.05, 0) is 61.4 Å². The Kier molecular flexibility index (Phi) is 10.3. The van der Waals surface area contributed by atoms with Crippen molar-refractivity contribution in [3.05, 3.63) is 94.5 Å². The van der Waals surface area contributed by atoms with Gasteiger partial charge in [0.15, 0.2) is 0 Å². The molecule has 1 N–H and O–H groups in total. The molecule has 2 amide bonds. The molecule has 3 aromatic carbocycles. The molecular formula is C28H32BrN3O5S. The fourth-order valence-corrected chi connectivity index (χ4v) is 4.87. The Bertz CT molecular complexity index is 1320. The maximum Gasteiger partial charge on any atom is 0.244 e. The fraction of sp³-hybridized carbons (Fsp3) is 0.286. The van der Waals surface area contributed by atoms with Gasteiger partial charge in [0.2, 0.25) is 21.8 Å². The van der Waals surface area contributed by atoms with Crippen LogP contribution < -0.4 is 14.4 Å². The van der Waals surface area contributed by atoms with E-state index in [0.29, 0.717) is 24.6 Å². The predicted octanol–water partition coefficient (Wildman–Crippen LogP) is 4.35. The molecule has 0 aromatic heterocycles. The van der Waals surface area contributed by atoms with Crippen LogP contribution in [0.3, 0.4) is 0 Å². The summed E-state index contributed by atoms with van der Waals surface area (Å²) in [6.07, 6.45) is 1.05. The summed E-state index contributed by atoms with van der Waals surface area (Å²) in [5, 5.41) is 2.73. The minimum atomic E-state index is -3.81. The van der Waals surface area contributed by atoms with Crippen molar-refractivity contribution in [2.45, 2.75) is 33.0 Å². The number of nitrogens with zero attached hydrogens (tertiary/aromatic N) is 2. The summed E-state index contributed by atoms with van der Waals surface area (Å²) in [6.45, 7) is 3.90. The minimum absolute atomic E-state index is 0.147. The largest absolute Gasteiger partial charge is 0.489 e. The third-order valence-corrected chi connectivity index (χ3v) is 7.51. The van der Waals surface area contributed by atoms with Crippen molar-refractivity contribution < 1.29 is 22.7 Å². The molecule has 10 heteroatoms. The minimum Gasteiger partial charge on any atom is -0.489 e. The van der Waals surface area contributed by atoms with Crippen LogP contribution in [0, 0.1) is 0 Å². The first-order valence-electron chi connectivity index (χ1n) is 12.1. The highest BCUT2D eigenvalue weighted by Crippen LogP contribution is 2.23. The summed E-state index contributed by atoms with van der Waals surface area (Å²) in [5.74, 6) is -0.246. The number of carbonyl (C=O) groups is 2. The van der Waals surface area contributed by atoms with Crippen molar-refractivity contribution in [3.63, 3.8) is 0 Å². The average Bonchev–Trinajstić information content (AvgIpc) is 2.90. The number of carbonyl (C=O) groups excluding carboxylic acids is 2. The van der Waals surface area contributed by atoms with Gasteiger partial charge >= 0.3 is 0 Å². The van der Waals surface area contributed by atoms with Gasteiger partial charge in [-0.15, -0.1) is 0 Å². The van der Waals surface area contributed by atoms with E-state index in [1.54, 1.807) is 38.1 Å². The van der Waals surface area contributed by atoms with Crippen molar-refractivity contribution in [1.82, 2.24) is 10.2 Å². The Morgan fingerprint density at radius 1 is 0.947 bits per heavy atom. The van der Waals surface area contributed by atoms with Crippen molar-refractivity contribution in [2.75, 3.05) is 23.7 Å². The molecule has 0 aliphatic rings. The number of halogens is 1. The molecule has 0 saturated heterocycles. The van der Waals surface area contributed by atoms with Crippen LogP contribution in [0.4, 0.5) is 5.69 Å². The van der Waals surface area contributed by atoms with Crippen LogP contribution in [0.25, 0.3) is 0 Å². The normalized spacial score (nSPS) is 11.9. The molecule has 0 bridgehead atoms. The third-order valence-electron chi connectivity index (χ3n) is 5.84. The lowest BCUT2D eigenvalue weighted by Gasteiger charge is -2.31. The number of sulfonamides is 1. The second kappa shape index (κ2) is 13.4. The molecule has 0 saturated carbocycles. The number of hydrogen-bond acceptors (Lipinski definition) is 5. The Balaban J connectivity index is 1.80. The summed E-state index contributed by atoms with van der Waals surface area (Å²) in [4.78, 5) is 27.5. The second-order valence-corrected chi connectivity index (χ2v) is 11.6. The zero-order valence-electron chi connectivity index (χ0n) is 21.6. The maximum absolute atomic E-state index is 13.5. The molecule has 0 fully saturated rings. The average molecular weight is 603 g/mol. The van der Waals surface area contributed by atoms with Gasteiger partial charge in [-0.2, -0.15) is 0 Å². The van der Waals surface area contributed by atoms with E-state index in [0.717, 1.165) is 26.2 Å². The molecule has 0 radical (unpaired) electrons. The van der Waals surface area contributed by atoms with Gasteiger partial charge in [-0.3, -0.25) is 13.9 Å². The molecule has 38 heavy (non-hydrogen) atoms. The molecule has 1 unspecified atom stereocenters. The number of ether oxygens (including phenoxy) is 1. The summed E-state index contributed by atoms with van der Waals surface area (Å²) in [7, 11) is -3.81. The van der Waals surface area contributed by atoms with Crippen molar-refractivity contribution >= 4 is 43.5 Å². The summed E-state index contributed by atoms with van der Waals surface area (Å²) in [5.41, 5.74) is 2.14. The Morgan fingerprint density at radius 2 is 1.58 bits per heavy atom. The van der Waals surface area contributed by atoms with Crippen molar-refractivity contribution in [3.8, 4) is 5.75 Å². The molecule has 0 spiro atoms. The first kappa shape index (κ1) is 29.2. The van der Waals surface area contributed by atoms with Crippen LogP contribution >= 0.6 is 15.9 Å². The van der Waals surface area contributed by atoms with E-state index in [9.17, 15) is 18.0 Å². The van der Waals surface area contributed by atoms with Crippen LogP contribution in [0.15, 0.2) is 83.3 Å². The summed E-state index contributed by atoms with van der Waals surface area (Å²) >= 11 is 3.39. The van der Waals surface area contributed by atoms with Crippen LogP contribution in [-0.4, -0.2) is 50.5 Å². The highest BCUT2D eigenvalue weighted by Gasteiger charge is 2.29. The van der Waals surface area contributed by atoms with E-state index < -0.39 is 28.5 Å². The van der Waals surface area contributed by atoms with Crippen LogP contribution in [0.2, 0.25) is 0 Å². The Labute approximate surface area is 232 Å². The Morgan fingerprint density at radius 3 is 2.16 bits per heavy atom. The lowest BCUT2D eigenvalue weighted by molar-refractivity contribution is -0.139. The number of likely N-dealkylation sites (N-methyl/N-ethyl adjacent to an activating group) is 1. The predicted molar refractivity (Wildman–Crippen MR) is 152 cm³/mol. The van der Waals surface area contributed by atoms with Crippen molar-refractivity contribution in [2.24, 2.45) is 0 Å². The standard InChI is InChI=1S/C28H32BrN3O5S/c1-4-30-28(34)21(2)31(18-22-10-12-24(29)13-11-22)27(33)19-32(38(3,35)36)25-14-16-26(17-15-25)37-20-23-8-6-5-7-9-23/h5-17,21H,4,18-20H2,1-3H3,(H,30,34). The number of amides is 2. The van der Waals surface area contributed by atoms with Crippen LogP contribution in [0.1, 0.15) is 25.0 Å². The van der Waals surface area contributed by atoms with Gasteiger partial charge in [0.25, 0.3) is 0 Å². The summed E-state index contributed by atoms with van der Waals surface area (Å²) in [6, 6.07) is 22.8. The number of benzene rings is 3. The highest BCUT2D eigenvalue weighted by atomic mass is 79.9. The highest BCUT2D eigenvalue weighted by molar-refractivity contribution is 9.10. The quantitative estimate of drug-likeness (QED) is 0.333. The van der Waals surface area contributed by atoms with Gasteiger partial charge in [-0.25, -0.2) is 8.42 Å².